The Hall–Kier alpha value is -4.66. The van der Waals surface area contributed by atoms with Crippen molar-refractivity contribution in [2.24, 2.45) is 0 Å². The summed E-state index contributed by atoms with van der Waals surface area (Å²) in [5.74, 6) is -2.21. The van der Waals surface area contributed by atoms with Gasteiger partial charge in [0, 0.05) is 24.1 Å². The number of phenolic OH excluding ortho intramolecular Hbond substituents is 1. The van der Waals surface area contributed by atoms with Crippen molar-refractivity contribution in [1.29, 1.82) is 0 Å². The Morgan fingerprint density at radius 2 is 2.00 bits per heavy atom. The van der Waals surface area contributed by atoms with Crippen molar-refractivity contribution in [2.45, 2.75) is 6.18 Å². The van der Waals surface area contributed by atoms with Gasteiger partial charge in [-0.05, 0) is 12.1 Å². The summed E-state index contributed by atoms with van der Waals surface area (Å²) in [6, 6.07) is 3.80. The van der Waals surface area contributed by atoms with Gasteiger partial charge in [0.2, 0.25) is 0 Å². The number of hydrogen-bond acceptors (Lipinski definition) is 11. The van der Waals surface area contributed by atoms with Crippen LogP contribution in [0.3, 0.4) is 0 Å². The van der Waals surface area contributed by atoms with Crippen LogP contribution in [-0.2, 0) is 20.4 Å². The van der Waals surface area contributed by atoms with E-state index in [4.69, 9.17) is 9.84 Å². The zero-order valence-corrected chi connectivity index (χ0v) is 18.0. The largest absolute Gasteiger partial charge is 0.507 e. The van der Waals surface area contributed by atoms with Crippen LogP contribution in [0.15, 0.2) is 47.6 Å². The summed E-state index contributed by atoms with van der Waals surface area (Å²) in [4.78, 5) is 31.8. The molecule has 0 aliphatic carbocycles. The minimum atomic E-state index is -4.74. The molecule has 0 saturated carbocycles. The van der Waals surface area contributed by atoms with Crippen LogP contribution in [0.4, 0.5) is 24.7 Å². The van der Waals surface area contributed by atoms with Crippen LogP contribution in [0.2, 0.25) is 0 Å². The summed E-state index contributed by atoms with van der Waals surface area (Å²) >= 11 is 0. The third kappa shape index (κ3) is 5.05. The first-order chi connectivity index (χ1) is 17.2. The van der Waals surface area contributed by atoms with Crippen LogP contribution in [0, 0.1) is 0 Å². The maximum atomic E-state index is 13.2. The number of ether oxygens (including phenoxy) is 2. The molecule has 0 aliphatic heterocycles. The molecule has 3 N–H and O–H groups in total. The van der Waals surface area contributed by atoms with E-state index in [9.17, 15) is 27.9 Å². The third-order valence-corrected chi connectivity index (χ3v) is 4.70. The molecule has 12 nitrogen and oxygen atoms in total. The maximum Gasteiger partial charge on any atom is 0.437 e. The first-order valence-electron chi connectivity index (χ1n) is 10.1. The van der Waals surface area contributed by atoms with Crippen molar-refractivity contribution >= 4 is 29.1 Å². The summed E-state index contributed by atoms with van der Waals surface area (Å²) in [5, 5.41) is 24.7. The Morgan fingerprint density at radius 1 is 1.19 bits per heavy atom. The molecular weight excluding hydrogens is 491 g/mol. The van der Waals surface area contributed by atoms with E-state index < -0.39 is 36.2 Å². The van der Waals surface area contributed by atoms with E-state index >= 15 is 0 Å². The van der Waals surface area contributed by atoms with Crippen molar-refractivity contribution in [1.82, 2.24) is 19.5 Å². The molecule has 0 spiro atoms. The number of imidazole rings is 1. The normalized spacial score (nSPS) is 11.4. The molecular formula is C21H16F3N5O7. The van der Waals surface area contributed by atoms with Gasteiger partial charge in [-0.15, -0.1) is 0 Å². The number of nitrogens with zero attached hydrogens (tertiary/aromatic N) is 4. The number of aromatic hydroxyl groups is 1. The summed E-state index contributed by atoms with van der Waals surface area (Å²) in [7, 11) is 0. The van der Waals surface area contributed by atoms with Crippen molar-refractivity contribution < 1.29 is 47.0 Å². The molecule has 0 radical (unpaired) electrons. The van der Waals surface area contributed by atoms with Gasteiger partial charge in [-0.3, -0.25) is 4.40 Å². The quantitative estimate of drug-likeness (QED) is 0.301. The number of halogens is 3. The fourth-order valence-corrected chi connectivity index (χ4v) is 3.15. The highest BCUT2D eigenvalue weighted by atomic mass is 19.4. The van der Waals surface area contributed by atoms with E-state index in [1.165, 1.54) is 41.2 Å². The Balaban J connectivity index is 1.54. The molecule has 3 heterocycles. The summed E-state index contributed by atoms with van der Waals surface area (Å²) in [5.41, 5.74) is -1.28. The lowest BCUT2D eigenvalue weighted by Crippen LogP contribution is -2.18. The highest BCUT2D eigenvalue weighted by Crippen LogP contribution is 2.36. The smallest absolute Gasteiger partial charge is 0.437 e. The molecule has 36 heavy (non-hydrogen) atoms. The molecule has 0 bridgehead atoms. The summed E-state index contributed by atoms with van der Waals surface area (Å²) < 4.78 is 54.9. The SMILES string of the molecule is O=C(COC(=O)c1ccc(Nc2nccn3c(-c4conc4C(F)(F)F)cnc23)cc1O)OCCO. The van der Waals surface area contributed by atoms with Crippen LogP contribution < -0.4 is 5.32 Å². The summed E-state index contributed by atoms with van der Waals surface area (Å²) in [6.45, 7) is -1.34. The highest BCUT2D eigenvalue weighted by Gasteiger charge is 2.38. The van der Waals surface area contributed by atoms with E-state index in [-0.39, 0.29) is 47.2 Å². The number of rotatable bonds is 8. The standard InChI is InChI=1S/C21H16F3N5O7/c22-21(23,24)17-13(9-36-28-17)14-8-26-19-18(25-3-4-29(14)19)27-11-1-2-12(15(31)7-11)20(33)35-10-16(32)34-6-5-30/h1-4,7-9,30-31H,5-6,10H2,(H,25,27). The number of aliphatic hydroxyl groups excluding tert-OH is 1. The maximum absolute atomic E-state index is 13.2. The van der Waals surface area contributed by atoms with E-state index in [0.29, 0.717) is 0 Å². The molecule has 0 aliphatic rings. The van der Waals surface area contributed by atoms with Gasteiger partial charge in [0.05, 0.1) is 24.1 Å². The third-order valence-electron chi connectivity index (χ3n) is 4.70. The minimum Gasteiger partial charge on any atom is -0.507 e. The van der Waals surface area contributed by atoms with Gasteiger partial charge >= 0.3 is 18.1 Å². The van der Waals surface area contributed by atoms with Crippen molar-refractivity contribution in [3.8, 4) is 17.0 Å². The van der Waals surface area contributed by atoms with Gasteiger partial charge in [-0.25, -0.2) is 19.6 Å². The molecule has 0 amide bonds. The lowest BCUT2D eigenvalue weighted by Gasteiger charge is -2.10. The van der Waals surface area contributed by atoms with E-state index in [1.807, 2.05) is 0 Å². The number of carbonyl (C=O) groups excluding carboxylic acids is 2. The second kappa shape index (κ2) is 9.91. The Labute approximate surface area is 198 Å². The first-order valence-corrected chi connectivity index (χ1v) is 10.1. The first kappa shape index (κ1) is 24.5. The molecule has 0 unspecified atom stereocenters. The van der Waals surface area contributed by atoms with E-state index in [2.05, 4.69) is 29.7 Å². The molecule has 1 aromatic carbocycles. The van der Waals surface area contributed by atoms with Gasteiger partial charge in [0.15, 0.2) is 23.8 Å². The van der Waals surface area contributed by atoms with Gasteiger partial charge in [0.1, 0.15) is 24.2 Å². The number of phenols is 1. The minimum absolute atomic E-state index is 0.0579. The molecule has 4 rings (SSSR count). The molecule has 15 heteroatoms. The van der Waals surface area contributed by atoms with E-state index in [1.54, 1.807) is 0 Å². The number of alkyl halides is 3. The van der Waals surface area contributed by atoms with Gasteiger partial charge in [-0.1, -0.05) is 5.16 Å². The summed E-state index contributed by atoms with van der Waals surface area (Å²) in [6.07, 6.45) is 0.0513. The molecule has 4 aromatic rings. The number of carbonyl (C=O) groups is 2. The number of anilines is 2. The molecule has 0 atom stereocenters. The van der Waals surface area contributed by atoms with Crippen LogP contribution in [0.1, 0.15) is 16.1 Å². The van der Waals surface area contributed by atoms with E-state index in [0.717, 1.165) is 6.26 Å². The van der Waals surface area contributed by atoms with Gasteiger partial charge in [0.25, 0.3) is 0 Å². The van der Waals surface area contributed by atoms with Crippen LogP contribution in [0.25, 0.3) is 16.9 Å². The number of hydrogen-bond donors (Lipinski definition) is 3. The predicted octanol–water partition coefficient (Wildman–Crippen LogP) is 2.54. The van der Waals surface area contributed by atoms with Gasteiger partial charge in [-0.2, -0.15) is 13.2 Å². The van der Waals surface area contributed by atoms with Crippen molar-refractivity contribution in [3.05, 3.63) is 54.3 Å². The number of aromatic nitrogens is 4. The molecule has 0 fully saturated rings. The fraction of sp³-hybridized carbons (Fsp3) is 0.190. The zero-order valence-electron chi connectivity index (χ0n) is 18.0. The van der Waals surface area contributed by atoms with Crippen LogP contribution >= 0.6 is 0 Å². The predicted molar refractivity (Wildman–Crippen MR) is 113 cm³/mol. The Morgan fingerprint density at radius 3 is 2.72 bits per heavy atom. The number of benzene rings is 1. The molecule has 0 saturated heterocycles. The molecule has 3 aromatic heterocycles. The van der Waals surface area contributed by atoms with Gasteiger partial charge < -0.3 is 29.5 Å². The van der Waals surface area contributed by atoms with Crippen molar-refractivity contribution in [3.63, 3.8) is 0 Å². The van der Waals surface area contributed by atoms with Crippen LogP contribution in [-0.4, -0.2) is 61.5 Å². The Bertz CT molecular complexity index is 1420. The number of nitrogens with one attached hydrogen (secondary N) is 1. The number of esters is 2. The van der Waals surface area contributed by atoms with Crippen molar-refractivity contribution in [2.75, 3.05) is 25.1 Å². The average Bonchev–Trinajstić information content (AvgIpc) is 3.49. The lowest BCUT2D eigenvalue weighted by atomic mass is 10.2. The highest BCUT2D eigenvalue weighted by molar-refractivity contribution is 5.94. The number of fused-ring (bicyclic) bond motifs is 1. The fourth-order valence-electron chi connectivity index (χ4n) is 3.15. The lowest BCUT2D eigenvalue weighted by molar-refractivity contribution is -0.148. The monoisotopic (exact) mass is 507 g/mol. The second-order valence-electron chi connectivity index (χ2n) is 7.06. The topological polar surface area (TPSA) is 161 Å². The number of aliphatic hydroxyl groups is 1. The second-order valence-corrected chi connectivity index (χ2v) is 7.06. The average molecular weight is 507 g/mol. The Kier molecular flexibility index (Phi) is 6.73. The van der Waals surface area contributed by atoms with Crippen LogP contribution in [0.5, 0.6) is 5.75 Å². The molecule has 188 valence electrons. The zero-order chi connectivity index (χ0) is 25.9.